The Labute approximate surface area is 142 Å². The zero-order valence-corrected chi connectivity index (χ0v) is 17.4. The van der Waals surface area contributed by atoms with Gasteiger partial charge in [-0.3, -0.25) is 0 Å². The third-order valence-corrected chi connectivity index (χ3v) is 19.0. The van der Waals surface area contributed by atoms with Gasteiger partial charge in [0.1, 0.15) is 17.9 Å². The molecule has 3 aliphatic rings. The summed E-state index contributed by atoms with van der Waals surface area (Å²) in [6, 6.07) is 1.99. The Kier molecular flexibility index (Phi) is 6.60. The third-order valence-electron chi connectivity index (χ3n) is 6.84. The number of hydrogen-bond donors (Lipinski definition) is 0. The molecule has 0 atom stereocenters. The fourth-order valence-corrected chi connectivity index (χ4v) is 17.2. The average molecular weight is 339 g/mol. The zero-order chi connectivity index (χ0) is 15.4. The summed E-state index contributed by atoms with van der Waals surface area (Å²) in [6.07, 6.45) is 15.1. The van der Waals surface area contributed by atoms with Crippen molar-refractivity contribution in [2.45, 2.75) is 101 Å². The molecular formula is C18H38N2Si2. The maximum Gasteiger partial charge on any atom is 0.109 e. The van der Waals surface area contributed by atoms with E-state index in [1.165, 1.54) is 77.3 Å². The van der Waals surface area contributed by atoms with E-state index in [1.807, 2.05) is 0 Å². The fraction of sp³-hybridized carbons (Fsp3) is 1.00. The Bertz CT molecular complexity index is 291. The normalized spacial score (nSPS) is 31.6. The SMILES string of the molecule is CCN(C1CCCCC1)[SiH]1C[SiH](N(CC)C2CCCCC2)C1. The second-order valence-electron chi connectivity index (χ2n) is 8.02. The molecule has 0 bridgehead atoms. The van der Waals surface area contributed by atoms with Gasteiger partial charge in [-0.05, 0) is 50.1 Å². The van der Waals surface area contributed by atoms with Crippen LogP contribution in [0.5, 0.6) is 0 Å². The molecule has 2 nitrogen and oxygen atoms in total. The van der Waals surface area contributed by atoms with Gasteiger partial charge in [-0.2, -0.15) is 0 Å². The van der Waals surface area contributed by atoms with Gasteiger partial charge in [-0.25, -0.2) is 0 Å². The first-order valence-corrected chi connectivity index (χ1v) is 14.6. The summed E-state index contributed by atoms with van der Waals surface area (Å²) in [5, 5.41) is 0. The molecule has 3 rings (SSSR count). The van der Waals surface area contributed by atoms with E-state index >= 15 is 0 Å². The highest BCUT2D eigenvalue weighted by molar-refractivity contribution is 6.92. The number of rotatable bonds is 6. The van der Waals surface area contributed by atoms with Crippen LogP contribution in [0.2, 0.25) is 11.3 Å². The molecule has 0 amide bonds. The van der Waals surface area contributed by atoms with Crippen molar-refractivity contribution >= 4 is 17.9 Å². The highest BCUT2D eigenvalue weighted by Crippen LogP contribution is 2.34. The van der Waals surface area contributed by atoms with Crippen LogP contribution in [-0.4, -0.2) is 52.2 Å². The lowest BCUT2D eigenvalue weighted by Crippen LogP contribution is -2.63. The second kappa shape index (κ2) is 8.45. The maximum atomic E-state index is 3.05. The average Bonchev–Trinajstić information content (AvgIpc) is 2.55. The van der Waals surface area contributed by atoms with E-state index in [9.17, 15) is 0 Å². The molecule has 0 spiro atoms. The molecule has 2 saturated carbocycles. The Morgan fingerprint density at radius 3 is 1.32 bits per heavy atom. The maximum absolute atomic E-state index is 3.05. The molecule has 0 radical (unpaired) electrons. The molecular weight excluding hydrogens is 300 g/mol. The molecule has 22 heavy (non-hydrogen) atoms. The van der Waals surface area contributed by atoms with Gasteiger partial charge in [0.2, 0.25) is 0 Å². The topological polar surface area (TPSA) is 6.48 Å². The van der Waals surface area contributed by atoms with Gasteiger partial charge in [0.25, 0.3) is 0 Å². The van der Waals surface area contributed by atoms with E-state index in [4.69, 9.17) is 0 Å². The van der Waals surface area contributed by atoms with Crippen molar-refractivity contribution in [3.8, 4) is 0 Å². The molecule has 128 valence electrons. The fourth-order valence-electron chi connectivity index (χ4n) is 5.56. The largest absolute Gasteiger partial charge is 0.324 e. The van der Waals surface area contributed by atoms with E-state index in [0.29, 0.717) is 0 Å². The molecule has 4 heteroatoms. The Hall–Kier alpha value is 0.354. The molecule has 0 aromatic heterocycles. The van der Waals surface area contributed by atoms with E-state index in [0.717, 1.165) is 12.1 Å². The van der Waals surface area contributed by atoms with Gasteiger partial charge in [-0.1, -0.05) is 52.4 Å². The highest BCUT2D eigenvalue weighted by Gasteiger charge is 2.42. The Morgan fingerprint density at radius 1 is 0.636 bits per heavy atom. The summed E-state index contributed by atoms with van der Waals surface area (Å²) in [5.74, 6) is 0. The van der Waals surface area contributed by atoms with Gasteiger partial charge in [0.05, 0.1) is 0 Å². The van der Waals surface area contributed by atoms with Crippen molar-refractivity contribution in [2.75, 3.05) is 13.1 Å². The van der Waals surface area contributed by atoms with Crippen LogP contribution in [0, 0.1) is 0 Å². The Morgan fingerprint density at radius 2 is 1.00 bits per heavy atom. The number of hydrogen-bond acceptors (Lipinski definition) is 2. The van der Waals surface area contributed by atoms with Gasteiger partial charge >= 0.3 is 0 Å². The summed E-state index contributed by atoms with van der Waals surface area (Å²) >= 11 is 0. The van der Waals surface area contributed by atoms with Gasteiger partial charge in [0.15, 0.2) is 0 Å². The monoisotopic (exact) mass is 338 g/mol. The van der Waals surface area contributed by atoms with Crippen LogP contribution < -0.4 is 0 Å². The van der Waals surface area contributed by atoms with Gasteiger partial charge in [-0.15, -0.1) is 0 Å². The van der Waals surface area contributed by atoms with Crippen LogP contribution >= 0.6 is 0 Å². The van der Waals surface area contributed by atoms with Crippen molar-refractivity contribution in [2.24, 2.45) is 0 Å². The summed E-state index contributed by atoms with van der Waals surface area (Å²) in [5.41, 5.74) is 3.46. The smallest absolute Gasteiger partial charge is 0.109 e. The molecule has 1 aliphatic heterocycles. The first-order valence-electron chi connectivity index (χ1n) is 10.3. The van der Waals surface area contributed by atoms with Crippen molar-refractivity contribution in [1.29, 1.82) is 0 Å². The quantitative estimate of drug-likeness (QED) is 0.679. The molecule has 2 aliphatic carbocycles. The van der Waals surface area contributed by atoms with Crippen LogP contribution in [0.4, 0.5) is 0 Å². The van der Waals surface area contributed by atoms with Crippen LogP contribution in [0.3, 0.4) is 0 Å². The minimum absolute atomic E-state index is 0.518. The first kappa shape index (κ1) is 17.2. The Balaban J connectivity index is 1.50. The lowest BCUT2D eigenvalue weighted by Gasteiger charge is -2.51. The lowest BCUT2D eigenvalue weighted by molar-refractivity contribution is 0.247. The minimum atomic E-state index is -0.518. The third kappa shape index (κ3) is 3.88. The van der Waals surface area contributed by atoms with Crippen LogP contribution in [0.1, 0.15) is 78.1 Å². The van der Waals surface area contributed by atoms with E-state index in [1.54, 1.807) is 11.3 Å². The summed E-state index contributed by atoms with van der Waals surface area (Å²) in [4.78, 5) is 0. The molecule has 0 unspecified atom stereocenters. The highest BCUT2D eigenvalue weighted by atomic mass is 28.4. The molecule has 1 heterocycles. The van der Waals surface area contributed by atoms with Crippen molar-refractivity contribution in [1.82, 2.24) is 9.13 Å². The zero-order valence-electron chi connectivity index (χ0n) is 15.1. The van der Waals surface area contributed by atoms with Crippen LogP contribution in [0.15, 0.2) is 0 Å². The van der Waals surface area contributed by atoms with Crippen molar-refractivity contribution in [3.63, 3.8) is 0 Å². The predicted molar refractivity (Wildman–Crippen MR) is 102 cm³/mol. The molecule has 1 saturated heterocycles. The van der Waals surface area contributed by atoms with E-state index in [-0.39, 0.29) is 0 Å². The van der Waals surface area contributed by atoms with Crippen molar-refractivity contribution in [3.05, 3.63) is 0 Å². The molecule has 0 aromatic rings. The molecule has 3 fully saturated rings. The summed E-state index contributed by atoms with van der Waals surface area (Å²) in [7, 11) is -1.04. The van der Waals surface area contributed by atoms with Gasteiger partial charge in [0, 0.05) is 12.1 Å². The summed E-state index contributed by atoms with van der Waals surface area (Å²) in [6.45, 7) is 7.60. The van der Waals surface area contributed by atoms with Crippen molar-refractivity contribution < 1.29 is 0 Å². The van der Waals surface area contributed by atoms with E-state index < -0.39 is 17.9 Å². The lowest BCUT2D eigenvalue weighted by atomic mass is 9.95. The predicted octanol–water partition coefficient (Wildman–Crippen LogP) is 3.84. The van der Waals surface area contributed by atoms with Gasteiger partial charge < -0.3 is 9.13 Å². The standard InChI is InChI=1S/C18H38N2Si2/c1-3-19(17-11-7-5-8-12-17)21-15-22(16-21)20(4-2)18-13-9-6-10-14-18/h17-18,21-22H,3-16H2,1-2H3. The second-order valence-corrected chi connectivity index (χ2v) is 15.7. The molecule has 0 N–H and O–H groups in total. The van der Waals surface area contributed by atoms with E-state index in [2.05, 4.69) is 23.0 Å². The first-order chi connectivity index (χ1) is 10.8. The summed E-state index contributed by atoms with van der Waals surface area (Å²) < 4.78 is 6.11. The van der Waals surface area contributed by atoms with Crippen LogP contribution in [0.25, 0.3) is 0 Å². The minimum Gasteiger partial charge on any atom is -0.324 e. The molecule has 0 aromatic carbocycles. The number of nitrogens with zero attached hydrogens (tertiary/aromatic N) is 2. The van der Waals surface area contributed by atoms with Crippen LogP contribution in [-0.2, 0) is 0 Å².